The van der Waals surface area contributed by atoms with Gasteiger partial charge in [-0.3, -0.25) is 4.79 Å². The molecule has 0 spiro atoms. The van der Waals surface area contributed by atoms with Crippen molar-refractivity contribution in [3.8, 4) is 5.69 Å². The van der Waals surface area contributed by atoms with Crippen molar-refractivity contribution in [3.05, 3.63) is 46.2 Å². The van der Waals surface area contributed by atoms with Crippen LogP contribution >= 0.6 is 15.9 Å². The van der Waals surface area contributed by atoms with Crippen molar-refractivity contribution in [2.75, 3.05) is 13.1 Å². The largest absolute Gasteiger partial charge is 0.352 e. The molecular weight excluding hydrogens is 344 g/mol. The fourth-order valence-electron chi connectivity index (χ4n) is 2.27. The van der Waals surface area contributed by atoms with Crippen LogP contribution in [0.1, 0.15) is 35.8 Å². The Morgan fingerprint density at radius 1 is 1.32 bits per heavy atom. The SMILES string of the molecule is CCc1c(C(=O)NCCCCN)cnn1-c1ccc(Br)cc1. The van der Waals surface area contributed by atoms with Crippen LogP contribution in [-0.4, -0.2) is 28.8 Å². The third-order valence-electron chi connectivity index (χ3n) is 3.44. The minimum atomic E-state index is -0.0720. The normalized spacial score (nSPS) is 10.7. The summed E-state index contributed by atoms with van der Waals surface area (Å²) in [7, 11) is 0. The molecule has 1 heterocycles. The van der Waals surface area contributed by atoms with Gasteiger partial charge in [0.1, 0.15) is 0 Å². The highest BCUT2D eigenvalue weighted by atomic mass is 79.9. The minimum absolute atomic E-state index is 0.0720. The van der Waals surface area contributed by atoms with Gasteiger partial charge in [0.25, 0.3) is 5.91 Å². The van der Waals surface area contributed by atoms with E-state index in [4.69, 9.17) is 5.73 Å². The van der Waals surface area contributed by atoms with Crippen molar-refractivity contribution in [1.82, 2.24) is 15.1 Å². The summed E-state index contributed by atoms with van der Waals surface area (Å²) >= 11 is 3.42. The Labute approximate surface area is 139 Å². The number of benzene rings is 1. The molecule has 22 heavy (non-hydrogen) atoms. The average molecular weight is 365 g/mol. The molecule has 0 saturated heterocycles. The second-order valence-electron chi connectivity index (χ2n) is 5.00. The summed E-state index contributed by atoms with van der Waals surface area (Å²) in [6, 6.07) is 7.87. The van der Waals surface area contributed by atoms with Crippen molar-refractivity contribution in [2.45, 2.75) is 26.2 Å². The Hall–Kier alpha value is -1.66. The van der Waals surface area contributed by atoms with Gasteiger partial charge in [0, 0.05) is 11.0 Å². The van der Waals surface area contributed by atoms with Gasteiger partial charge in [0.15, 0.2) is 0 Å². The van der Waals surface area contributed by atoms with E-state index in [1.54, 1.807) is 6.20 Å². The fraction of sp³-hybridized carbons (Fsp3) is 0.375. The summed E-state index contributed by atoms with van der Waals surface area (Å²) in [5.74, 6) is -0.0720. The number of hydrogen-bond acceptors (Lipinski definition) is 3. The lowest BCUT2D eigenvalue weighted by atomic mass is 10.2. The average Bonchev–Trinajstić information content (AvgIpc) is 2.96. The van der Waals surface area contributed by atoms with E-state index < -0.39 is 0 Å². The van der Waals surface area contributed by atoms with Crippen LogP contribution in [0.2, 0.25) is 0 Å². The summed E-state index contributed by atoms with van der Waals surface area (Å²) in [6.07, 6.45) is 4.18. The van der Waals surface area contributed by atoms with Crippen molar-refractivity contribution >= 4 is 21.8 Å². The number of nitrogens with two attached hydrogens (primary N) is 1. The molecule has 3 N–H and O–H groups in total. The number of aromatic nitrogens is 2. The van der Waals surface area contributed by atoms with Gasteiger partial charge in [0.05, 0.1) is 23.1 Å². The molecule has 0 radical (unpaired) electrons. The second-order valence-corrected chi connectivity index (χ2v) is 5.91. The lowest BCUT2D eigenvalue weighted by Gasteiger charge is -2.08. The second kappa shape index (κ2) is 8.10. The van der Waals surface area contributed by atoms with Gasteiger partial charge in [-0.05, 0) is 50.1 Å². The zero-order valence-corrected chi connectivity index (χ0v) is 14.3. The molecule has 0 unspecified atom stereocenters. The molecule has 0 atom stereocenters. The Morgan fingerprint density at radius 3 is 2.68 bits per heavy atom. The monoisotopic (exact) mass is 364 g/mol. The van der Waals surface area contributed by atoms with Crippen LogP contribution in [0.15, 0.2) is 34.9 Å². The van der Waals surface area contributed by atoms with Crippen molar-refractivity contribution in [1.29, 1.82) is 0 Å². The number of amides is 1. The minimum Gasteiger partial charge on any atom is -0.352 e. The van der Waals surface area contributed by atoms with E-state index in [1.807, 2.05) is 35.9 Å². The molecule has 1 aromatic heterocycles. The van der Waals surface area contributed by atoms with Gasteiger partial charge < -0.3 is 11.1 Å². The highest BCUT2D eigenvalue weighted by Gasteiger charge is 2.16. The first-order valence-corrected chi connectivity index (χ1v) is 8.27. The third-order valence-corrected chi connectivity index (χ3v) is 3.96. The maximum absolute atomic E-state index is 12.3. The summed E-state index contributed by atoms with van der Waals surface area (Å²) < 4.78 is 2.83. The van der Waals surface area contributed by atoms with Gasteiger partial charge in [-0.1, -0.05) is 22.9 Å². The molecule has 0 saturated carbocycles. The Morgan fingerprint density at radius 2 is 2.05 bits per heavy atom. The van der Waals surface area contributed by atoms with Crippen LogP contribution in [0, 0.1) is 0 Å². The van der Waals surface area contributed by atoms with E-state index in [-0.39, 0.29) is 5.91 Å². The van der Waals surface area contributed by atoms with E-state index >= 15 is 0 Å². The predicted molar refractivity (Wildman–Crippen MR) is 91.3 cm³/mol. The Kier molecular flexibility index (Phi) is 6.15. The van der Waals surface area contributed by atoms with Crippen molar-refractivity contribution in [2.24, 2.45) is 5.73 Å². The van der Waals surface area contributed by atoms with Gasteiger partial charge in [0.2, 0.25) is 0 Å². The zero-order valence-electron chi connectivity index (χ0n) is 12.7. The lowest BCUT2D eigenvalue weighted by molar-refractivity contribution is 0.0952. The number of nitrogens with one attached hydrogen (secondary N) is 1. The number of rotatable bonds is 7. The number of unbranched alkanes of at least 4 members (excludes halogenated alkanes) is 1. The first-order chi connectivity index (χ1) is 10.7. The van der Waals surface area contributed by atoms with E-state index in [9.17, 15) is 4.79 Å². The van der Waals surface area contributed by atoms with Crippen LogP contribution in [0.4, 0.5) is 0 Å². The molecule has 118 valence electrons. The highest BCUT2D eigenvalue weighted by Crippen LogP contribution is 2.18. The summed E-state index contributed by atoms with van der Waals surface area (Å²) in [5.41, 5.74) is 7.95. The van der Waals surface area contributed by atoms with Crippen LogP contribution in [-0.2, 0) is 6.42 Å². The Balaban J connectivity index is 2.16. The number of hydrogen-bond donors (Lipinski definition) is 2. The first-order valence-electron chi connectivity index (χ1n) is 7.48. The van der Waals surface area contributed by atoms with Crippen molar-refractivity contribution in [3.63, 3.8) is 0 Å². The summed E-state index contributed by atoms with van der Waals surface area (Å²) in [4.78, 5) is 12.3. The molecule has 1 amide bonds. The molecule has 0 aliphatic heterocycles. The van der Waals surface area contributed by atoms with Crippen LogP contribution in [0.5, 0.6) is 0 Å². The fourth-order valence-corrected chi connectivity index (χ4v) is 2.54. The van der Waals surface area contributed by atoms with Crippen molar-refractivity contribution < 1.29 is 4.79 Å². The van der Waals surface area contributed by atoms with E-state index in [0.717, 1.165) is 35.1 Å². The van der Waals surface area contributed by atoms with Gasteiger partial charge in [-0.2, -0.15) is 5.10 Å². The van der Waals surface area contributed by atoms with Gasteiger partial charge in [-0.15, -0.1) is 0 Å². The zero-order chi connectivity index (χ0) is 15.9. The smallest absolute Gasteiger partial charge is 0.254 e. The number of halogens is 1. The van der Waals surface area contributed by atoms with Crippen LogP contribution < -0.4 is 11.1 Å². The number of carbonyl (C=O) groups is 1. The molecule has 2 aromatic rings. The van der Waals surface area contributed by atoms with E-state index in [2.05, 4.69) is 26.3 Å². The van der Waals surface area contributed by atoms with Gasteiger partial charge >= 0.3 is 0 Å². The topological polar surface area (TPSA) is 72.9 Å². The molecule has 0 fully saturated rings. The standard InChI is InChI=1S/C16H21BrN4O/c1-2-15-14(16(22)19-10-4-3-9-18)11-20-21(15)13-7-5-12(17)6-8-13/h5-8,11H,2-4,9-10,18H2,1H3,(H,19,22). The number of nitrogens with zero attached hydrogens (tertiary/aromatic N) is 2. The first kappa shape index (κ1) is 16.7. The Bertz CT molecular complexity index is 622. The molecule has 5 nitrogen and oxygen atoms in total. The molecule has 0 aliphatic rings. The molecule has 1 aromatic carbocycles. The number of carbonyl (C=O) groups excluding carboxylic acids is 1. The lowest BCUT2D eigenvalue weighted by Crippen LogP contribution is -2.25. The van der Waals surface area contributed by atoms with Crippen LogP contribution in [0.25, 0.3) is 5.69 Å². The van der Waals surface area contributed by atoms with E-state index in [0.29, 0.717) is 18.7 Å². The predicted octanol–water partition coefficient (Wildman–Crippen LogP) is 2.67. The third kappa shape index (κ3) is 3.96. The highest BCUT2D eigenvalue weighted by molar-refractivity contribution is 9.10. The molecule has 6 heteroatoms. The summed E-state index contributed by atoms with van der Waals surface area (Å²) in [6.45, 7) is 3.32. The van der Waals surface area contributed by atoms with Gasteiger partial charge in [-0.25, -0.2) is 4.68 Å². The molecule has 0 bridgehead atoms. The molecule has 0 aliphatic carbocycles. The maximum Gasteiger partial charge on any atom is 0.254 e. The quantitative estimate of drug-likeness (QED) is 0.741. The molecular formula is C16H21BrN4O. The van der Waals surface area contributed by atoms with Crippen LogP contribution in [0.3, 0.4) is 0 Å². The maximum atomic E-state index is 12.3. The van der Waals surface area contributed by atoms with E-state index in [1.165, 1.54) is 0 Å². The molecule has 2 rings (SSSR count). The summed E-state index contributed by atoms with van der Waals surface area (Å²) in [5, 5.41) is 7.30.